The highest BCUT2D eigenvalue weighted by atomic mass is 16.6. The van der Waals surface area contributed by atoms with E-state index in [0.29, 0.717) is 5.92 Å². The molecule has 0 heterocycles. The van der Waals surface area contributed by atoms with Gasteiger partial charge in [-0.15, -0.1) is 0 Å². The zero-order valence-corrected chi connectivity index (χ0v) is 16.3. The molecular weight excluding hydrogens is 330 g/mol. The number of carbonyl (C=O) groups is 2. The molecule has 0 aliphatic heterocycles. The first-order chi connectivity index (χ1) is 12.2. The highest BCUT2D eigenvalue weighted by Gasteiger charge is 2.39. The Hall–Kier alpha value is -2.04. The third-order valence-electron chi connectivity index (χ3n) is 5.61. The van der Waals surface area contributed by atoms with E-state index in [4.69, 9.17) is 4.74 Å². The van der Waals surface area contributed by atoms with Crippen LogP contribution in [0.3, 0.4) is 0 Å². The standard InChI is InChI=1S/C21H31NO4/c1-21(2,3)17-12-10-16(11-13-17)18(19(23)24)22(4)20(25)26-14-15-8-6-5-7-9-15/h5-9,16-18H,10-14H2,1-4H3,(H,23,24). The molecule has 1 saturated carbocycles. The van der Waals surface area contributed by atoms with Crippen molar-refractivity contribution in [3.63, 3.8) is 0 Å². The molecule has 144 valence electrons. The topological polar surface area (TPSA) is 66.8 Å². The molecule has 1 unspecified atom stereocenters. The van der Waals surface area contributed by atoms with E-state index in [1.54, 1.807) is 0 Å². The molecule has 2 rings (SSSR count). The van der Waals surface area contributed by atoms with Gasteiger partial charge in [-0.1, -0.05) is 51.1 Å². The van der Waals surface area contributed by atoms with Crippen LogP contribution in [0.15, 0.2) is 30.3 Å². The quantitative estimate of drug-likeness (QED) is 0.835. The molecular formula is C21H31NO4. The van der Waals surface area contributed by atoms with Crippen LogP contribution < -0.4 is 0 Å². The number of hydrogen-bond donors (Lipinski definition) is 1. The van der Waals surface area contributed by atoms with Gasteiger partial charge in [0.15, 0.2) is 0 Å². The van der Waals surface area contributed by atoms with Crippen LogP contribution >= 0.6 is 0 Å². The molecule has 0 aromatic heterocycles. The highest BCUT2D eigenvalue weighted by Crippen LogP contribution is 2.41. The molecule has 1 aromatic carbocycles. The summed E-state index contributed by atoms with van der Waals surface area (Å²) in [6.45, 7) is 6.85. The molecule has 0 spiro atoms. The second kappa shape index (κ2) is 8.56. The lowest BCUT2D eigenvalue weighted by atomic mass is 9.68. The number of carboxylic acids is 1. The molecule has 26 heavy (non-hydrogen) atoms. The zero-order chi connectivity index (χ0) is 19.3. The fourth-order valence-electron chi connectivity index (χ4n) is 3.92. The van der Waals surface area contributed by atoms with Gasteiger partial charge < -0.3 is 9.84 Å². The van der Waals surface area contributed by atoms with Crippen molar-refractivity contribution in [2.24, 2.45) is 17.3 Å². The van der Waals surface area contributed by atoms with Gasteiger partial charge in [0, 0.05) is 7.05 Å². The second-order valence-corrected chi connectivity index (χ2v) is 8.41. The second-order valence-electron chi connectivity index (χ2n) is 8.41. The molecule has 1 aliphatic rings. The number of amides is 1. The summed E-state index contributed by atoms with van der Waals surface area (Å²) in [6.07, 6.45) is 3.08. The number of nitrogens with zero attached hydrogens (tertiary/aromatic N) is 1. The summed E-state index contributed by atoms with van der Waals surface area (Å²) in [6, 6.07) is 8.55. The first kappa shape index (κ1) is 20.3. The molecule has 1 fully saturated rings. The van der Waals surface area contributed by atoms with Crippen molar-refractivity contribution >= 4 is 12.1 Å². The van der Waals surface area contributed by atoms with E-state index in [2.05, 4.69) is 20.8 Å². The number of carbonyl (C=O) groups excluding carboxylic acids is 1. The highest BCUT2D eigenvalue weighted by molar-refractivity contribution is 5.80. The van der Waals surface area contributed by atoms with E-state index in [9.17, 15) is 14.7 Å². The Balaban J connectivity index is 1.96. The minimum absolute atomic E-state index is 0.0274. The molecule has 1 N–H and O–H groups in total. The minimum atomic E-state index is -0.955. The fraction of sp³-hybridized carbons (Fsp3) is 0.619. The number of rotatable bonds is 5. The van der Waals surface area contributed by atoms with Crippen LogP contribution in [0.4, 0.5) is 4.79 Å². The summed E-state index contributed by atoms with van der Waals surface area (Å²) in [5.41, 5.74) is 1.12. The average molecular weight is 361 g/mol. The number of carboxylic acid groups (broad SMARTS) is 1. The smallest absolute Gasteiger partial charge is 0.410 e. The maximum Gasteiger partial charge on any atom is 0.410 e. The summed E-state index contributed by atoms with van der Waals surface area (Å²) >= 11 is 0. The molecule has 1 amide bonds. The maximum absolute atomic E-state index is 12.4. The van der Waals surface area contributed by atoms with Crippen LogP contribution in [0, 0.1) is 17.3 Å². The van der Waals surface area contributed by atoms with Crippen molar-refractivity contribution in [3.05, 3.63) is 35.9 Å². The van der Waals surface area contributed by atoms with Crippen LogP contribution in [-0.2, 0) is 16.1 Å². The normalized spacial score (nSPS) is 21.7. The van der Waals surface area contributed by atoms with E-state index < -0.39 is 18.1 Å². The third kappa shape index (κ3) is 5.23. The van der Waals surface area contributed by atoms with Gasteiger partial charge in [-0.3, -0.25) is 4.90 Å². The van der Waals surface area contributed by atoms with Crippen LogP contribution in [0.2, 0.25) is 0 Å². The first-order valence-corrected chi connectivity index (χ1v) is 9.36. The van der Waals surface area contributed by atoms with E-state index in [1.165, 1.54) is 11.9 Å². The van der Waals surface area contributed by atoms with Crippen molar-refractivity contribution in [1.82, 2.24) is 4.90 Å². The van der Waals surface area contributed by atoms with E-state index >= 15 is 0 Å². The summed E-state index contributed by atoms with van der Waals surface area (Å²) in [5, 5.41) is 9.71. The number of likely N-dealkylation sites (N-methyl/N-ethyl adjacent to an activating group) is 1. The van der Waals surface area contributed by atoms with Crippen LogP contribution in [0.25, 0.3) is 0 Å². The van der Waals surface area contributed by atoms with Gasteiger partial charge in [0.1, 0.15) is 12.6 Å². The van der Waals surface area contributed by atoms with Crippen molar-refractivity contribution in [1.29, 1.82) is 0 Å². The minimum Gasteiger partial charge on any atom is -0.480 e. The molecule has 1 atom stereocenters. The van der Waals surface area contributed by atoms with Crippen molar-refractivity contribution in [2.75, 3.05) is 7.05 Å². The maximum atomic E-state index is 12.4. The van der Waals surface area contributed by atoms with Crippen LogP contribution in [0.5, 0.6) is 0 Å². The Labute approximate surface area is 156 Å². The zero-order valence-electron chi connectivity index (χ0n) is 16.3. The number of aliphatic carboxylic acids is 1. The first-order valence-electron chi connectivity index (χ1n) is 9.36. The fourth-order valence-corrected chi connectivity index (χ4v) is 3.92. The predicted octanol–water partition coefficient (Wildman–Crippen LogP) is 4.56. The summed E-state index contributed by atoms with van der Waals surface area (Å²) in [7, 11) is 1.53. The summed E-state index contributed by atoms with van der Waals surface area (Å²) in [5.74, 6) is -0.382. The Kier molecular flexibility index (Phi) is 6.68. The Bertz CT molecular complexity index is 600. The lowest BCUT2D eigenvalue weighted by Gasteiger charge is -2.40. The summed E-state index contributed by atoms with van der Waals surface area (Å²) < 4.78 is 5.31. The molecule has 5 heteroatoms. The number of hydrogen-bond acceptors (Lipinski definition) is 3. The molecule has 0 saturated heterocycles. The van der Waals surface area contributed by atoms with E-state index in [0.717, 1.165) is 31.2 Å². The largest absolute Gasteiger partial charge is 0.480 e. The van der Waals surface area contributed by atoms with Gasteiger partial charge in [-0.2, -0.15) is 0 Å². The van der Waals surface area contributed by atoms with Crippen molar-refractivity contribution < 1.29 is 19.4 Å². The van der Waals surface area contributed by atoms with E-state index in [1.807, 2.05) is 30.3 Å². The molecule has 1 aromatic rings. The van der Waals surface area contributed by atoms with Gasteiger partial charge in [0.2, 0.25) is 0 Å². The van der Waals surface area contributed by atoms with Crippen molar-refractivity contribution in [2.45, 2.75) is 59.1 Å². The van der Waals surface area contributed by atoms with Gasteiger partial charge in [0.25, 0.3) is 0 Å². The van der Waals surface area contributed by atoms with E-state index in [-0.39, 0.29) is 17.9 Å². The summed E-state index contributed by atoms with van der Waals surface area (Å²) in [4.78, 5) is 25.5. The Morgan fingerprint density at radius 1 is 1.15 bits per heavy atom. The van der Waals surface area contributed by atoms with Gasteiger partial charge in [-0.05, 0) is 48.5 Å². The number of benzene rings is 1. The Morgan fingerprint density at radius 3 is 2.23 bits per heavy atom. The SMILES string of the molecule is CN(C(=O)OCc1ccccc1)C(C(=O)O)C1CCC(C(C)(C)C)CC1. The lowest BCUT2D eigenvalue weighted by Crippen LogP contribution is -2.48. The monoisotopic (exact) mass is 361 g/mol. The molecule has 5 nitrogen and oxygen atoms in total. The lowest BCUT2D eigenvalue weighted by molar-refractivity contribution is -0.145. The Morgan fingerprint density at radius 2 is 1.73 bits per heavy atom. The molecule has 0 radical (unpaired) electrons. The van der Waals surface area contributed by atoms with Gasteiger partial charge in [0.05, 0.1) is 0 Å². The average Bonchev–Trinajstić information content (AvgIpc) is 2.60. The van der Waals surface area contributed by atoms with Crippen LogP contribution in [0.1, 0.15) is 52.0 Å². The molecule has 1 aliphatic carbocycles. The van der Waals surface area contributed by atoms with Crippen molar-refractivity contribution in [3.8, 4) is 0 Å². The molecule has 0 bridgehead atoms. The van der Waals surface area contributed by atoms with Gasteiger partial charge >= 0.3 is 12.1 Å². The predicted molar refractivity (Wildman–Crippen MR) is 101 cm³/mol. The van der Waals surface area contributed by atoms with Crippen LogP contribution in [-0.4, -0.2) is 35.2 Å². The third-order valence-corrected chi connectivity index (χ3v) is 5.61. The van der Waals surface area contributed by atoms with Gasteiger partial charge in [-0.25, -0.2) is 9.59 Å². The number of ether oxygens (including phenoxy) is 1.